The third-order valence-electron chi connectivity index (χ3n) is 8.04. The molecule has 8 rings (SSSR count). The van der Waals surface area contributed by atoms with Gasteiger partial charge in [-0.25, -0.2) is 46.1 Å². The van der Waals surface area contributed by atoms with E-state index in [4.69, 9.17) is 42.0 Å². The first-order valence-corrected chi connectivity index (χ1v) is 16.9. The van der Waals surface area contributed by atoms with E-state index in [1.54, 1.807) is 12.1 Å². The van der Waals surface area contributed by atoms with Crippen LogP contribution in [-0.4, -0.2) is 53.1 Å². The van der Waals surface area contributed by atoms with Gasteiger partial charge in [0.25, 0.3) is 5.69 Å². The highest BCUT2D eigenvalue weighted by Crippen LogP contribution is 2.36. The molecule has 0 aliphatic carbocycles. The molecule has 0 spiro atoms. The van der Waals surface area contributed by atoms with Crippen molar-refractivity contribution in [1.82, 2.24) is 8.80 Å². The Balaban J connectivity index is 0.000000355. The van der Waals surface area contributed by atoms with E-state index in [-0.39, 0.29) is 10.6 Å². The van der Waals surface area contributed by atoms with E-state index < -0.39 is 20.5 Å². The molecule has 254 valence electrons. The maximum Gasteiger partial charge on any atom is 0.370 e. The van der Waals surface area contributed by atoms with Crippen LogP contribution in [0.3, 0.4) is 0 Å². The number of pyridine rings is 2. The summed E-state index contributed by atoms with van der Waals surface area (Å²) in [7, 11) is -9.89. The minimum absolute atomic E-state index is 0.0885. The average molecular weight is 708 g/mol. The number of morpholine rings is 1. The lowest BCUT2D eigenvalue weighted by Gasteiger charge is -2.22. The highest BCUT2D eigenvalue weighted by molar-refractivity contribution is 6.04. The van der Waals surface area contributed by atoms with Crippen LogP contribution in [0.2, 0.25) is 0 Å². The normalized spacial score (nSPS) is 15.7. The largest absolute Gasteiger partial charge is 0.375 e. The fourth-order valence-electron chi connectivity index (χ4n) is 6.44. The lowest BCUT2D eigenvalue weighted by Crippen LogP contribution is -2.68. The summed E-state index contributed by atoms with van der Waals surface area (Å²) in [6.45, 7) is 4.80. The second-order valence-electron chi connectivity index (χ2n) is 10.9. The van der Waals surface area contributed by atoms with Crippen molar-refractivity contribution in [3.63, 3.8) is 0 Å². The first-order chi connectivity index (χ1) is 22.7. The number of hydrogen-bond acceptors (Lipinski definition) is 13. The predicted octanol–water partition coefficient (Wildman–Crippen LogP) is -6.34. The molecule has 2 saturated heterocycles. The highest BCUT2D eigenvalue weighted by Gasteiger charge is 2.37. The van der Waals surface area contributed by atoms with Crippen molar-refractivity contribution < 1.29 is 76.2 Å². The second-order valence-corrected chi connectivity index (χ2v) is 12.4. The van der Waals surface area contributed by atoms with Crippen LogP contribution in [0.25, 0.3) is 33.1 Å². The van der Waals surface area contributed by atoms with Crippen LogP contribution in [0.5, 0.6) is 0 Å². The molecular formula is C28H27Cl2N7O11. The van der Waals surface area contributed by atoms with Crippen LogP contribution in [0.4, 0.5) is 17.6 Å². The van der Waals surface area contributed by atoms with Crippen LogP contribution < -0.4 is 55.9 Å². The standard InChI is InChI=1S/C28H27N7O3.2ClHO4/c36-35(37)20-9-10-21-24(19-20)34-26(23-8-2-3-13-31(23)27(34)29-11-5-6-12-29)25-22-7-1-4-14-32(22)28(33(21)25)30-15-17-38-18-16-30;2*2-1(3,4)5/h1-4,7-10,13-14,19H,5-6,11-12,15-18H2;2*(H,2,3,4,5)/q+2;;/p-2. The van der Waals surface area contributed by atoms with Gasteiger partial charge in [0.1, 0.15) is 5.52 Å². The molecule has 0 saturated carbocycles. The van der Waals surface area contributed by atoms with E-state index in [9.17, 15) is 10.1 Å². The zero-order chi connectivity index (χ0) is 34.4. The predicted molar refractivity (Wildman–Crippen MR) is 143 cm³/mol. The number of nitrogens with zero attached hydrogens (tertiary/aromatic N) is 7. The molecule has 0 amide bonds. The molecule has 48 heavy (non-hydrogen) atoms. The Hall–Kier alpha value is -4.18. The Kier molecular flexibility index (Phi) is 9.15. The lowest BCUT2D eigenvalue weighted by molar-refractivity contribution is -2.00. The molecular weight excluding hydrogens is 681 g/mol. The van der Waals surface area contributed by atoms with Gasteiger partial charge in [-0.15, -0.1) is 20.5 Å². The molecule has 5 aromatic heterocycles. The molecule has 0 atom stereocenters. The fourth-order valence-corrected chi connectivity index (χ4v) is 6.44. The van der Waals surface area contributed by atoms with E-state index in [1.807, 2.05) is 6.07 Å². The number of non-ortho nitro benzene ring substituents is 1. The van der Waals surface area contributed by atoms with Gasteiger partial charge in [0.05, 0.1) is 62.8 Å². The number of benzene rings is 1. The molecule has 20 heteroatoms. The van der Waals surface area contributed by atoms with Gasteiger partial charge in [-0.3, -0.25) is 19.9 Å². The number of ether oxygens (including phenoxy) is 1. The summed E-state index contributed by atoms with van der Waals surface area (Å²) < 4.78 is 82.7. The summed E-state index contributed by atoms with van der Waals surface area (Å²) in [5.74, 6) is 2.09. The Morgan fingerprint density at radius 1 is 0.646 bits per heavy atom. The van der Waals surface area contributed by atoms with Crippen LogP contribution >= 0.6 is 0 Å². The van der Waals surface area contributed by atoms with E-state index >= 15 is 0 Å². The Bertz CT molecular complexity index is 2110. The number of nitro benzene ring substituents is 1. The molecule has 0 radical (unpaired) electrons. The van der Waals surface area contributed by atoms with Gasteiger partial charge in [0, 0.05) is 6.07 Å². The molecule has 1 aromatic carbocycles. The third kappa shape index (κ3) is 6.72. The summed E-state index contributed by atoms with van der Waals surface area (Å²) in [5.41, 5.74) is 6.14. The number of imidazole rings is 2. The van der Waals surface area contributed by atoms with Crippen LogP contribution in [0.1, 0.15) is 12.8 Å². The lowest BCUT2D eigenvalue weighted by atomic mass is 10.2. The Labute approximate surface area is 274 Å². The van der Waals surface area contributed by atoms with Crippen molar-refractivity contribution in [2.24, 2.45) is 0 Å². The average Bonchev–Trinajstić information content (AvgIpc) is 3.75. The summed E-state index contributed by atoms with van der Waals surface area (Å²) in [6, 6.07) is 17.8. The van der Waals surface area contributed by atoms with Gasteiger partial charge < -0.3 is 4.74 Å². The molecule has 2 fully saturated rings. The quantitative estimate of drug-likeness (QED) is 0.0942. The van der Waals surface area contributed by atoms with Crippen molar-refractivity contribution in [2.45, 2.75) is 12.8 Å². The maximum atomic E-state index is 12.0. The van der Waals surface area contributed by atoms with Gasteiger partial charge in [-0.1, -0.05) is 12.1 Å². The molecule has 18 nitrogen and oxygen atoms in total. The molecule has 2 aliphatic rings. The SMILES string of the molecule is O=[N+]([O-])c1ccc2c(c1)n1c(N3CCCC3)[n+]3ccccc3c1c1c3cccc[n+]3c(N3CCOCC3)n21.[O-][Cl+3]([O-])([O-])[O-].[O-][Cl+3]([O-])([O-])[O-]. The molecule has 2 aliphatic heterocycles. The molecule has 0 unspecified atom stereocenters. The molecule has 0 bridgehead atoms. The van der Waals surface area contributed by atoms with E-state index in [0.717, 1.165) is 84.0 Å². The van der Waals surface area contributed by atoms with Crippen LogP contribution in [0, 0.1) is 30.6 Å². The van der Waals surface area contributed by atoms with Gasteiger partial charge in [0.2, 0.25) is 0 Å². The van der Waals surface area contributed by atoms with Gasteiger partial charge >= 0.3 is 11.9 Å². The zero-order valence-electron chi connectivity index (χ0n) is 24.9. The van der Waals surface area contributed by atoms with Crippen molar-refractivity contribution >= 4 is 50.7 Å². The summed E-state index contributed by atoms with van der Waals surface area (Å²) in [4.78, 5) is 16.4. The van der Waals surface area contributed by atoms with Crippen molar-refractivity contribution in [3.8, 4) is 0 Å². The Morgan fingerprint density at radius 2 is 1.10 bits per heavy atom. The summed E-state index contributed by atoms with van der Waals surface area (Å²) >= 11 is 0. The van der Waals surface area contributed by atoms with E-state index in [2.05, 4.69) is 76.2 Å². The van der Waals surface area contributed by atoms with Gasteiger partial charge in [-0.05, 0) is 43.2 Å². The highest BCUT2D eigenvalue weighted by atomic mass is 35.7. The second kappa shape index (κ2) is 13.0. The molecule has 0 N–H and O–H groups in total. The van der Waals surface area contributed by atoms with Crippen molar-refractivity contribution in [1.29, 1.82) is 0 Å². The number of anilines is 2. The fraction of sp³-hybridized carbons (Fsp3) is 0.286. The summed E-state index contributed by atoms with van der Waals surface area (Å²) in [5, 5.41) is 12.0. The smallest absolute Gasteiger partial charge is 0.370 e. The number of hydrogen-bond donors (Lipinski definition) is 0. The number of fused-ring (bicyclic) bond motifs is 10. The van der Waals surface area contributed by atoms with Crippen LogP contribution in [-0.2, 0) is 4.74 Å². The first kappa shape index (κ1) is 33.7. The van der Waals surface area contributed by atoms with Crippen LogP contribution in [0.15, 0.2) is 67.0 Å². The first-order valence-electron chi connectivity index (χ1n) is 14.4. The minimum Gasteiger partial charge on any atom is -0.375 e. The maximum absolute atomic E-state index is 12.0. The van der Waals surface area contributed by atoms with Crippen molar-refractivity contribution in [3.05, 3.63) is 77.1 Å². The third-order valence-corrected chi connectivity index (χ3v) is 8.04. The zero-order valence-corrected chi connectivity index (χ0v) is 26.4. The number of halogens is 2. The summed E-state index contributed by atoms with van der Waals surface area (Å²) in [6.07, 6.45) is 6.48. The number of nitro groups is 1. The Morgan fingerprint density at radius 3 is 1.58 bits per heavy atom. The molecule has 7 heterocycles. The van der Waals surface area contributed by atoms with Gasteiger partial charge in [0.15, 0.2) is 27.6 Å². The number of rotatable bonds is 3. The van der Waals surface area contributed by atoms with Crippen molar-refractivity contribution in [2.75, 3.05) is 49.2 Å². The monoisotopic (exact) mass is 707 g/mol. The minimum atomic E-state index is -4.94. The topological polar surface area (TPSA) is 260 Å². The molecule has 6 aromatic rings. The number of aromatic nitrogens is 4. The van der Waals surface area contributed by atoms with Gasteiger partial charge in [-0.2, -0.15) is 8.80 Å². The van der Waals surface area contributed by atoms with E-state index in [1.165, 1.54) is 0 Å². The van der Waals surface area contributed by atoms with E-state index in [0.29, 0.717) is 13.2 Å².